The van der Waals surface area contributed by atoms with E-state index in [4.69, 9.17) is 0 Å². The van der Waals surface area contributed by atoms with Gasteiger partial charge in [-0.25, -0.2) is 0 Å². The maximum atomic E-state index is 3.64. The molecule has 0 aromatic rings. The second-order valence-electron chi connectivity index (χ2n) is 2.14. The van der Waals surface area contributed by atoms with Crippen molar-refractivity contribution in [2.45, 2.75) is 26.2 Å². The zero-order valence-corrected chi connectivity index (χ0v) is 6.11. The zero-order chi connectivity index (χ0) is 7.11. The van der Waals surface area contributed by atoms with Crippen LogP contribution >= 0.6 is 0 Å². The molecule has 0 aliphatic heterocycles. The van der Waals surface area contributed by atoms with E-state index >= 15 is 0 Å². The first kappa shape index (κ1) is 8.26. The quantitative estimate of drug-likeness (QED) is 0.305. The maximum absolute atomic E-state index is 3.64. The van der Waals surface area contributed by atoms with Crippen LogP contribution in [0.2, 0.25) is 0 Å². The number of unbranched alkanes of at least 4 members (excludes halogenated alkanes) is 1. The summed E-state index contributed by atoms with van der Waals surface area (Å²) in [5, 5.41) is 0. The summed E-state index contributed by atoms with van der Waals surface area (Å²) in [6.45, 7) is 9.24. The van der Waals surface area contributed by atoms with Gasteiger partial charge < -0.3 is 0 Å². The van der Waals surface area contributed by atoms with E-state index in [1.807, 2.05) is 6.08 Å². The van der Waals surface area contributed by atoms with Gasteiger partial charge in [0.05, 0.1) is 0 Å². The molecule has 9 heavy (non-hydrogen) atoms. The molecule has 0 nitrogen and oxygen atoms in total. The highest BCUT2D eigenvalue weighted by atomic mass is 13.9. The lowest BCUT2D eigenvalue weighted by atomic mass is 10.1. The Labute approximate surface area is 57.6 Å². The lowest BCUT2D eigenvalue weighted by Crippen LogP contribution is -1.73. The van der Waals surface area contributed by atoms with Crippen LogP contribution in [0.5, 0.6) is 0 Å². The lowest BCUT2D eigenvalue weighted by Gasteiger charge is -1.92. The second-order valence-corrected chi connectivity index (χ2v) is 2.14. The summed E-state index contributed by atoms with van der Waals surface area (Å²) >= 11 is 0. The summed E-state index contributed by atoms with van der Waals surface area (Å²) in [5.74, 6) is 0. The Morgan fingerprint density at radius 1 is 1.67 bits per heavy atom. The van der Waals surface area contributed by atoms with E-state index < -0.39 is 0 Å². The first-order chi connectivity index (χ1) is 4.31. The molecule has 0 aromatic heterocycles. The van der Waals surface area contributed by atoms with Crippen molar-refractivity contribution in [3.8, 4) is 0 Å². The summed E-state index contributed by atoms with van der Waals surface area (Å²) in [6.07, 6.45) is 5.32. The largest absolute Gasteiger partial charge is 0.130 e. The van der Waals surface area contributed by atoms with Crippen molar-refractivity contribution < 1.29 is 0 Å². The molecule has 0 radical (unpaired) electrons. The van der Waals surface area contributed by atoms with Crippen molar-refractivity contribution in [1.82, 2.24) is 0 Å². The molecule has 50 valence electrons. The van der Waals surface area contributed by atoms with Crippen molar-refractivity contribution >= 4 is 0 Å². The van der Waals surface area contributed by atoms with Crippen molar-refractivity contribution in [2.75, 3.05) is 0 Å². The van der Waals surface area contributed by atoms with Gasteiger partial charge in [-0.2, -0.15) is 0 Å². The van der Waals surface area contributed by atoms with Gasteiger partial charge in [-0.3, -0.25) is 0 Å². The van der Waals surface area contributed by atoms with Gasteiger partial charge in [-0.05, 0) is 31.8 Å². The summed E-state index contributed by atoms with van der Waals surface area (Å²) in [6, 6.07) is 0. The van der Waals surface area contributed by atoms with E-state index in [1.165, 1.54) is 12.0 Å². The van der Waals surface area contributed by atoms with Crippen molar-refractivity contribution in [3.05, 3.63) is 30.5 Å². The highest BCUT2D eigenvalue weighted by Crippen LogP contribution is 2.03. The predicted octanol–water partition coefficient (Wildman–Crippen LogP) is 3.07. The fraction of sp³-hybridized carbons (Fsp3) is 0.444. The minimum atomic E-state index is 1.10. The molecule has 0 fully saturated rings. The minimum Gasteiger partial charge on any atom is -0.130 e. The molecular formula is C9H14. The van der Waals surface area contributed by atoms with Gasteiger partial charge in [-0.15, -0.1) is 12.3 Å². The van der Waals surface area contributed by atoms with E-state index in [0.717, 1.165) is 12.8 Å². The third-order valence-corrected chi connectivity index (χ3v) is 1.26. The highest BCUT2D eigenvalue weighted by Gasteiger charge is 1.84. The van der Waals surface area contributed by atoms with E-state index in [0.29, 0.717) is 0 Å². The molecule has 0 saturated heterocycles. The Balaban J connectivity index is 3.27. The molecule has 0 aliphatic rings. The van der Waals surface area contributed by atoms with Crippen molar-refractivity contribution in [2.24, 2.45) is 0 Å². The van der Waals surface area contributed by atoms with Crippen molar-refractivity contribution in [3.63, 3.8) is 0 Å². The third kappa shape index (κ3) is 5.13. The molecular weight excluding hydrogens is 108 g/mol. The average molecular weight is 122 g/mol. The Kier molecular flexibility index (Phi) is 4.95. The Morgan fingerprint density at radius 3 is 2.78 bits per heavy atom. The smallest absolute Gasteiger partial charge is 0.0244 e. The van der Waals surface area contributed by atoms with E-state index in [1.54, 1.807) is 0 Å². The average Bonchev–Trinajstić information content (AvgIpc) is 1.89. The maximum Gasteiger partial charge on any atom is -0.0244 e. The third-order valence-electron chi connectivity index (χ3n) is 1.26. The number of allylic oxidation sites excluding steroid dienone is 2. The van der Waals surface area contributed by atoms with E-state index in [-0.39, 0.29) is 0 Å². The lowest BCUT2D eigenvalue weighted by molar-refractivity contribution is 0.835. The van der Waals surface area contributed by atoms with Gasteiger partial charge in [0.25, 0.3) is 0 Å². The van der Waals surface area contributed by atoms with E-state index in [9.17, 15) is 0 Å². The van der Waals surface area contributed by atoms with Crippen LogP contribution in [0.15, 0.2) is 30.5 Å². The van der Waals surface area contributed by atoms with E-state index in [2.05, 4.69) is 25.8 Å². The molecule has 0 N–H and O–H groups in total. The molecule has 0 heterocycles. The highest BCUT2D eigenvalue weighted by molar-refractivity contribution is 4.94. The van der Waals surface area contributed by atoms with Gasteiger partial charge >= 0.3 is 0 Å². The molecule has 0 saturated carbocycles. The van der Waals surface area contributed by atoms with Crippen LogP contribution in [0.1, 0.15) is 26.2 Å². The summed E-state index contributed by atoms with van der Waals surface area (Å²) < 4.78 is 0. The van der Waals surface area contributed by atoms with Gasteiger partial charge in [-0.1, -0.05) is 12.7 Å². The molecule has 0 amide bonds. The van der Waals surface area contributed by atoms with Gasteiger partial charge in [0.2, 0.25) is 0 Å². The predicted molar refractivity (Wildman–Crippen MR) is 42.4 cm³/mol. The van der Waals surface area contributed by atoms with Crippen LogP contribution in [0.3, 0.4) is 0 Å². The molecule has 0 spiro atoms. The molecule has 0 atom stereocenters. The van der Waals surface area contributed by atoms with Crippen LogP contribution in [-0.2, 0) is 0 Å². The number of rotatable bonds is 4. The SMILES string of the molecule is C=C=C(C)CCCC=C. The monoisotopic (exact) mass is 122 g/mol. The Morgan fingerprint density at radius 2 is 2.33 bits per heavy atom. The summed E-state index contributed by atoms with van der Waals surface area (Å²) in [5.41, 5.74) is 4.10. The van der Waals surface area contributed by atoms with Gasteiger partial charge in [0.1, 0.15) is 0 Å². The fourth-order valence-corrected chi connectivity index (χ4v) is 0.600. The molecule has 0 bridgehead atoms. The van der Waals surface area contributed by atoms with Crippen LogP contribution < -0.4 is 0 Å². The molecule has 0 heteroatoms. The van der Waals surface area contributed by atoms with Crippen LogP contribution in [0, 0.1) is 0 Å². The summed E-state index contributed by atoms with van der Waals surface area (Å²) in [7, 11) is 0. The molecule has 0 rings (SSSR count). The zero-order valence-electron chi connectivity index (χ0n) is 6.11. The number of hydrogen-bond donors (Lipinski definition) is 0. The molecule has 0 aromatic carbocycles. The minimum absolute atomic E-state index is 1.10. The standard InChI is InChI=1S/C9H14/c1-4-6-7-8-9(3)5-2/h4H,1-2,6-8H2,3H3. The first-order valence-corrected chi connectivity index (χ1v) is 3.27. The van der Waals surface area contributed by atoms with Crippen LogP contribution in [-0.4, -0.2) is 0 Å². The second kappa shape index (κ2) is 5.40. The van der Waals surface area contributed by atoms with Crippen molar-refractivity contribution in [1.29, 1.82) is 0 Å². The fourth-order valence-electron chi connectivity index (χ4n) is 0.600. The van der Waals surface area contributed by atoms with Crippen LogP contribution in [0.4, 0.5) is 0 Å². The van der Waals surface area contributed by atoms with Crippen LogP contribution in [0.25, 0.3) is 0 Å². The van der Waals surface area contributed by atoms with Gasteiger partial charge in [0.15, 0.2) is 0 Å². The normalized spacial score (nSPS) is 8.11. The molecule has 0 unspecified atom stereocenters. The Hall–Kier alpha value is -0.740. The summed E-state index contributed by atoms with van der Waals surface area (Å²) in [4.78, 5) is 0. The van der Waals surface area contributed by atoms with Gasteiger partial charge in [0, 0.05) is 0 Å². The Bertz CT molecular complexity index is 125. The number of hydrogen-bond acceptors (Lipinski definition) is 0. The molecule has 0 aliphatic carbocycles. The first-order valence-electron chi connectivity index (χ1n) is 3.27. The topological polar surface area (TPSA) is 0 Å².